The topological polar surface area (TPSA) is 97.5 Å². The fourth-order valence-electron chi connectivity index (χ4n) is 1.17. The number of hydrogen-bond acceptors (Lipinski definition) is 4. The summed E-state index contributed by atoms with van der Waals surface area (Å²) >= 11 is 0. The molecule has 1 rings (SSSR count). The van der Waals surface area contributed by atoms with Crippen LogP contribution in [-0.2, 0) is 4.79 Å². The molecule has 1 N–H and O–H groups in total. The molecule has 0 amide bonds. The molecule has 0 aromatic heterocycles. The van der Waals surface area contributed by atoms with Crippen molar-refractivity contribution in [3.8, 4) is 11.8 Å². The van der Waals surface area contributed by atoms with E-state index >= 15 is 0 Å². The second kappa shape index (κ2) is 5.54. The molecular formula is C11H6FNO5. The van der Waals surface area contributed by atoms with Crippen LogP contribution in [0.25, 0.3) is 0 Å². The molecule has 0 radical (unpaired) electrons. The smallest absolute Gasteiger partial charge is 0.342 e. The minimum Gasteiger partial charge on any atom is -0.477 e. The van der Waals surface area contributed by atoms with Crippen LogP contribution in [0.2, 0.25) is 0 Å². The van der Waals surface area contributed by atoms with Crippen LogP contribution in [0.15, 0.2) is 12.1 Å². The Labute approximate surface area is 100 Å². The number of benzene rings is 1. The lowest BCUT2D eigenvalue weighted by molar-refractivity contribution is -0.385. The molecule has 0 unspecified atom stereocenters. The first-order chi connectivity index (χ1) is 8.47. The summed E-state index contributed by atoms with van der Waals surface area (Å²) in [5.41, 5.74) is -1.83. The predicted molar refractivity (Wildman–Crippen MR) is 57.6 cm³/mol. The van der Waals surface area contributed by atoms with Crippen LogP contribution in [0.5, 0.6) is 0 Å². The second-order valence-corrected chi connectivity index (χ2v) is 3.08. The van der Waals surface area contributed by atoms with Gasteiger partial charge in [0.05, 0.1) is 16.9 Å². The molecule has 92 valence electrons. The molecule has 0 atom stereocenters. The molecule has 0 aliphatic rings. The summed E-state index contributed by atoms with van der Waals surface area (Å²) in [4.78, 5) is 30.4. The van der Waals surface area contributed by atoms with Gasteiger partial charge >= 0.3 is 5.97 Å². The van der Waals surface area contributed by atoms with Crippen molar-refractivity contribution in [2.45, 2.75) is 6.42 Å². The first kappa shape index (κ1) is 13.3. The lowest BCUT2D eigenvalue weighted by Crippen LogP contribution is -2.04. The summed E-state index contributed by atoms with van der Waals surface area (Å²) in [6, 6.07) is 1.27. The van der Waals surface area contributed by atoms with Crippen molar-refractivity contribution >= 4 is 17.9 Å². The Kier molecular flexibility index (Phi) is 4.10. The molecule has 0 aliphatic heterocycles. The Morgan fingerprint density at radius 3 is 2.72 bits per heavy atom. The highest BCUT2D eigenvalue weighted by atomic mass is 19.1. The number of aldehydes is 1. The van der Waals surface area contributed by atoms with Crippen molar-refractivity contribution in [1.29, 1.82) is 0 Å². The van der Waals surface area contributed by atoms with Crippen molar-refractivity contribution < 1.29 is 24.0 Å². The van der Waals surface area contributed by atoms with Gasteiger partial charge in [-0.1, -0.05) is 11.8 Å². The molecule has 1 aromatic carbocycles. The number of carboxylic acids is 1. The SMILES string of the molecule is O=CCC#Cc1cc([N+](=O)[O-])c(C(=O)O)cc1F. The lowest BCUT2D eigenvalue weighted by Gasteiger charge is -2.00. The van der Waals surface area contributed by atoms with E-state index in [1.54, 1.807) is 0 Å². The monoisotopic (exact) mass is 251 g/mol. The highest BCUT2D eigenvalue weighted by Crippen LogP contribution is 2.22. The van der Waals surface area contributed by atoms with Gasteiger partial charge in [-0.05, 0) is 6.07 Å². The Hall–Kier alpha value is -2.75. The third-order valence-corrected chi connectivity index (χ3v) is 1.92. The number of rotatable bonds is 3. The Bertz CT molecular complexity index is 585. The van der Waals surface area contributed by atoms with Crippen molar-refractivity contribution in [1.82, 2.24) is 0 Å². The molecule has 0 saturated carbocycles. The summed E-state index contributed by atoms with van der Waals surface area (Å²) in [6.07, 6.45) is 0.346. The third-order valence-electron chi connectivity index (χ3n) is 1.92. The van der Waals surface area contributed by atoms with Crippen LogP contribution in [0.1, 0.15) is 22.3 Å². The molecule has 0 spiro atoms. The zero-order chi connectivity index (χ0) is 13.7. The molecule has 0 aliphatic carbocycles. The van der Waals surface area contributed by atoms with Crippen molar-refractivity contribution in [2.24, 2.45) is 0 Å². The number of aromatic carboxylic acids is 1. The Morgan fingerprint density at radius 1 is 1.56 bits per heavy atom. The largest absolute Gasteiger partial charge is 0.477 e. The number of nitrogens with zero attached hydrogens (tertiary/aromatic N) is 1. The Balaban J connectivity index is 3.37. The van der Waals surface area contributed by atoms with Gasteiger partial charge < -0.3 is 9.90 Å². The molecule has 18 heavy (non-hydrogen) atoms. The number of halogens is 1. The zero-order valence-electron chi connectivity index (χ0n) is 8.84. The second-order valence-electron chi connectivity index (χ2n) is 3.08. The zero-order valence-corrected chi connectivity index (χ0v) is 8.84. The summed E-state index contributed by atoms with van der Waals surface area (Å²) in [7, 11) is 0. The number of hydrogen-bond donors (Lipinski definition) is 1. The summed E-state index contributed by atoms with van der Waals surface area (Å²) in [5, 5.41) is 19.3. The van der Waals surface area contributed by atoms with Crippen molar-refractivity contribution in [3.05, 3.63) is 39.2 Å². The average Bonchev–Trinajstić information content (AvgIpc) is 2.30. The van der Waals surface area contributed by atoms with Gasteiger partial charge in [0, 0.05) is 6.07 Å². The molecule has 0 bridgehead atoms. The van der Waals surface area contributed by atoms with Gasteiger partial charge in [0.15, 0.2) is 0 Å². The Morgan fingerprint density at radius 2 is 2.22 bits per heavy atom. The van der Waals surface area contributed by atoms with E-state index in [1.165, 1.54) is 0 Å². The van der Waals surface area contributed by atoms with Crippen LogP contribution in [0, 0.1) is 27.8 Å². The van der Waals surface area contributed by atoms with E-state index in [0.29, 0.717) is 12.4 Å². The van der Waals surface area contributed by atoms with Crippen LogP contribution >= 0.6 is 0 Å². The maximum absolute atomic E-state index is 13.4. The highest BCUT2D eigenvalue weighted by molar-refractivity contribution is 5.92. The van der Waals surface area contributed by atoms with E-state index in [4.69, 9.17) is 5.11 Å². The first-order valence-electron chi connectivity index (χ1n) is 4.61. The van der Waals surface area contributed by atoms with E-state index in [1.807, 2.05) is 0 Å². The minimum atomic E-state index is -1.60. The molecule has 7 heteroatoms. The van der Waals surface area contributed by atoms with Gasteiger partial charge in [-0.2, -0.15) is 0 Å². The number of nitro groups is 1. The number of carbonyl (C=O) groups is 2. The van der Waals surface area contributed by atoms with Crippen molar-refractivity contribution in [3.63, 3.8) is 0 Å². The van der Waals surface area contributed by atoms with E-state index in [2.05, 4.69) is 11.8 Å². The first-order valence-corrected chi connectivity index (χ1v) is 4.61. The molecule has 0 heterocycles. The van der Waals surface area contributed by atoms with Gasteiger partial charge in [0.2, 0.25) is 0 Å². The van der Waals surface area contributed by atoms with E-state index in [0.717, 1.165) is 6.07 Å². The fraction of sp³-hybridized carbons (Fsp3) is 0.0909. The van der Waals surface area contributed by atoms with E-state index in [-0.39, 0.29) is 12.0 Å². The number of nitro benzene ring substituents is 1. The van der Waals surface area contributed by atoms with Gasteiger partial charge in [0.25, 0.3) is 5.69 Å². The maximum atomic E-state index is 13.4. The van der Waals surface area contributed by atoms with Crippen LogP contribution in [0.4, 0.5) is 10.1 Å². The average molecular weight is 251 g/mol. The lowest BCUT2D eigenvalue weighted by atomic mass is 10.1. The quantitative estimate of drug-likeness (QED) is 0.378. The summed E-state index contributed by atoms with van der Waals surface area (Å²) < 4.78 is 13.4. The minimum absolute atomic E-state index is 0.145. The van der Waals surface area contributed by atoms with E-state index in [9.17, 15) is 24.1 Å². The van der Waals surface area contributed by atoms with Gasteiger partial charge in [0.1, 0.15) is 17.7 Å². The highest BCUT2D eigenvalue weighted by Gasteiger charge is 2.22. The normalized spacial score (nSPS) is 9.17. The predicted octanol–water partition coefficient (Wildman–Crippen LogP) is 1.37. The van der Waals surface area contributed by atoms with E-state index < -0.39 is 28.0 Å². The van der Waals surface area contributed by atoms with Gasteiger partial charge in [-0.25, -0.2) is 9.18 Å². The third kappa shape index (κ3) is 2.89. The molecule has 0 saturated heterocycles. The molecule has 6 nitrogen and oxygen atoms in total. The molecular weight excluding hydrogens is 245 g/mol. The maximum Gasteiger partial charge on any atom is 0.342 e. The summed E-state index contributed by atoms with van der Waals surface area (Å²) in [5.74, 6) is 1.91. The number of carbonyl (C=O) groups excluding carboxylic acids is 1. The summed E-state index contributed by atoms with van der Waals surface area (Å²) in [6.45, 7) is 0. The van der Waals surface area contributed by atoms with Crippen LogP contribution < -0.4 is 0 Å². The van der Waals surface area contributed by atoms with Crippen LogP contribution in [0.3, 0.4) is 0 Å². The fourth-order valence-corrected chi connectivity index (χ4v) is 1.17. The van der Waals surface area contributed by atoms with Gasteiger partial charge in [-0.3, -0.25) is 10.1 Å². The van der Waals surface area contributed by atoms with Crippen LogP contribution in [-0.4, -0.2) is 22.3 Å². The van der Waals surface area contributed by atoms with Crippen molar-refractivity contribution in [2.75, 3.05) is 0 Å². The molecule has 1 aromatic rings. The number of carboxylic acid groups (broad SMARTS) is 1. The molecule has 0 fully saturated rings. The van der Waals surface area contributed by atoms with Gasteiger partial charge in [-0.15, -0.1) is 0 Å². The standard InChI is InChI=1S/C11H6FNO5/c12-9-6-8(11(15)16)10(13(17)18)5-7(9)3-1-2-4-14/h4-6H,2H2,(H,15,16).